The molecule has 5 nitrogen and oxygen atoms in total. The molecule has 0 saturated heterocycles. The fourth-order valence-corrected chi connectivity index (χ4v) is 1.47. The predicted octanol–water partition coefficient (Wildman–Crippen LogP) is 2.05. The summed E-state index contributed by atoms with van der Waals surface area (Å²) in [6.45, 7) is 2.16. The Labute approximate surface area is 105 Å². The highest BCUT2D eigenvalue weighted by Crippen LogP contribution is 2.10. The minimum atomic E-state index is -0.103. The Kier molecular flexibility index (Phi) is 3.86. The molecule has 2 rings (SSSR count). The molecule has 0 bridgehead atoms. The topological polar surface area (TPSA) is 66.9 Å². The highest BCUT2D eigenvalue weighted by molar-refractivity contribution is 5.88. The Bertz CT molecular complexity index is 510. The van der Waals surface area contributed by atoms with Gasteiger partial charge in [0, 0.05) is 25.9 Å². The molecular formula is C13H14N4O. The normalized spacial score (nSPS) is 9.83. The molecule has 0 radical (unpaired) electrons. The van der Waals surface area contributed by atoms with Crippen LogP contribution in [0.2, 0.25) is 0 Å². The molecule has 2 aromatic rings. The van der Waals surface area contributed by atoms with E-state index in [2.05, 4.69) is 20.6 Å². The molecule has 0 spiro atoms. The van der Waals surface area contributed by atoms with Crippen molar-refractivity contribution in [1.29, 1.82) is 0 Å². The van der Waals surface area contributed by atoms with Crippen LogP contribution in [0.4, 0.5) is 11.5 Å². The SMILES string of the molecule is CC(=O)Nc1ccc(NCc2ccncc2)nc1. The maximum Gasteiger partial charge on any atom is 0.221 e. The lowest BCUT2D eigenvalue weighted by Gasteiger charge is -2.06. The minimum Gasteiger partial charge on any atom is -0.366 e. The van der Waals surface area contributed by atoms with Crippen molar-refractivity contribution in [3.8, 4) is 0 Å². The Morgan fingerprint density at radius 2 is 2.00 bits per heavy atom. The van der Waals surface area contributed by atoms with Gasteiger partial charge in [-0.05, 0) is 29.8 Å². The van der Waals surface area contributed by atoms with Gasteiger partial charge in [-0.3, -0.25) is 9.78 Å². The van der Waals surface area contributed by atoms with Crippen LogP contribution in [-0.4, -0.2) is 15.9 Å². The maximum atomic E-state index is 10.8. The van der Waals surface area contributed by atoms with Crippen molar-refractivity contribution >= 4 is 17.4 Å². The third-order valence-electron chi connectivity index (χ3n) is 2.31. The number of rotatable bonds is 4. The first-order chi connectivity index (χ1) is 8.74. The lowest BCUT2D eigenvalue weighted by Crippen LogP contribution is -2.06. The molecule has 0 atom stereocenters. The van der Waals surface area contributed by atoms with Crippen LogP contribution >= 0.6 is 0 Å². The number of amides is 1. The van der Waals surface area contributed by atoms with Crippen LogP contribution in [0, 0.1) is 0 Å². The van der Waals surface area contributed by atoms with Crippen LogP contribution in [0.3, 0.4) is 0 Å². The van der Waals surface area contributed by atoms with Crippen LogP contribution < -0.4 is 10.6 Å². The number of carbonyl (C=O) groups excluding carboxylic acids is 1. The van der Waals surface area contributed by atoms with Crippen LogP contribution in [0.1, 0.15) is 12.5 Å². The Morgan fingerprint density at radius 1 is 1.22 bits per heavy atom. The standard InChI is InChI=1S/C13H14N4O/c1-10(18)17-12-2-3-13(16-9-12)15-8-11-4-6-14-7-5-11/h2-7,9H,8H2,1H3,(H,15,16)(H,17,18). The summed E-state index contributed by atoms with van der Waals surface area (Å²) in [5, 5.41) is 5.86. The van der Waals surface area contributed by atoms with E-state index in [1.807, 2.05) is 24.3 Å². The second-order valence-corrected chi connectivity index (χ2v) is 3.82. The summed E-state index contributed by atoms with van der Waals surface area (Å²) in [5.74, 6) is 0.662. The average molecular weight is 242 g/mol. The quantitative estimate of drug-likeness (QED) is 0.861. The molecule has 2 aromatic heterocycles. The monoisotopic (exact) mass is 242 g/mol. The molecule has 0 aliphatic rings. The van der Waals surface area contributed by atoms with Gasteiger partial charge in [0.15, 0.2) is 0 Å². The molecule has 18 heavy (non-hydrogen) atoms. The van der Waals surface area contributed by atoms with Gasteiger partial charge in [-0.15, -0.1) is 0 Å². The van der Waals surface area contributed by atoms with E-state index < -0.39 is 0 Å². The zero-order valence-corrected chi connectivity index (χ0v) is 10.1. The van der Waals surface area contributed by atoms with E-state index in [1.54, 1.807) is 18.6 Å². The second kappa shape index (κ2) is 5.77. The first-order valence-corrected chi connectivity index (χ1v) is 5.60. The molecule has 0 aromatic carbocycles. The number of nitrogens with zero attached hydrogens (tertiary/aromatic N) is 2. The van der Waals surface area contributed by atoms with Gasteiger partial charge in [-0.25, -0.2) is 4.98 Å². The van der Waals surface area contributed by atoms with Gasteiger partial charge in [-0.2, -0.15) is 0 Å². The van der Waals surface area contributed by atoms with Crippen molar-refractivity contribution in [2.75, 3.05) is 10.6 Å². The summed E-state index contributed by atoms with van der Waals surface area (Å²) in [6, 6.07) is 7.52. The highest BCUT2D eigenvalue weighted by Gasteiger charge is 1.97. The van der Waals surface area contributed by atoms with E-state index in [0.717, 1.165) is 11.4 Å². The Hall–Kier alpha value is -2.43. The number of pyridine rings is 2. The zero-order chi connectivity index (χ0) is 12.8. The van der Waals surface area contributed by atoms with Crippen LogP contribution in [0.25, 0.3) is 0 Å². The van der Waals surface area contributed by atoms with Crippen molar-refractivity contribution in [3.05, 3.63) is 48.4 Å². The Morgan fingerprint density at radius 3 is 2.61 bits per heavy atom. The fourth-order valence-electron chi connectivity index (χ4n) is 1.47. The lowest BCUT2D eigenvalue weighted by atomic mass is 10.3. The summed E-state index contributed by atoms with van der Waals surface area (Å²) in [4.78, 5) is 19.0. The molecule has 92 valence electrons. The number of carbonyl (C=O) groups is 1. The van der Waals surface area contributed by atoms with E-state index >= 15 is 0 Å². The van der Waals surface area contributed by atoms with E-state index in [4.69, 9.17) is 0 Å². The summed E-state index contributed by atoms with van der Waals surface area (Å²) in [6.07, 6.45) is 5.13. The molecule has 1 amide bonds. The van der Waals surface area contributed by atoms with E-state index in [-0.39, 0.29) is 5.91 Å². The number of nitrogens with one attached hydrogen (secondary N) is 2. The smallest absolute Gasteiger partial charge is 0.221 e. The average Bonchev–Trinajstić information content (AvgIpc) is 2.38. The molecule has 0 unspecified atom stereocenters. The van der Waals surface area contributed by atoms with Gasteiger partial charge in [0.05, 0.1) is 11.9 Å². The fraction of sp³-hybridized carbons (Fsp3) is 0.154. The molecular weight excluding hydrogens is 228 g/mol. The van der Waals surface area contributed by atoms with E-state index in [1.165, 1.54) is 6.92 Å². The number of aromatic nitrogens is 2. The molecule has 0 saturated carbocycles. The van der Waals surface area contributed by atoms with Gasteiger partial charge >= 0.3 is 0 Å². The maximum absolute atomic E-state index is 10.8. The lowest BCUT2D eigenvalue weighted by molar-refractivity contribution is -0.114. The van der Waals surface area contributed by atoms with Crippen LogP contribution in [0.15, 0.2) is 42.9 Å². The predicted molar refractivity (Wildman–Crippen MR) is 70.1 cm³/mol. The van der Waals surface area contributed by atoms with Gasteiger partial charge in [-0.1, -0.05) is 0 Å². The molecule has 0 aliphatic carbocycles. The molecule has 0 fully saturated rings. The second-order valence-electron chi connectivity index (χ2n) is 3.82. The van der Waals surface area contributed by atoms with Gasteiger partial charge < -0.3 is 10.6 Å². The first-order valence-electron chi connectivity index (χ1n) is 5.60. The van der Waals surface area contributed by atoms with Gasteiger partial charge in [0.2, 0.25) is 5.91 Å². The molecule has 0 aliphatic heterocycles. The summed E-state index contributed by atoms with van der Waals surface area (Å²) < 4.78 is 0. The highest BCUT2D eigenvalue weighted by atomic mass is 16.1. The van der Waals surface area contributed by atoms with Crippen molar-refractivity contribution in [2.24, 2.45) is 0 Å². The first kappa shape index (κ1) is 12.0. The van der Waals surface area contributed by atoms with Gasteiger partial charge in [0.25, 0.3) is 0 Å². The number of anilines is 2. The minimum absolute atomic E-state index is 0.103. The van der Waals surface area contributed by atoms with Crippen molar-refractivity contribution < 1.29 is 4.79 Å². The van der Waals surface area contributed by atoms with Crippen LogP contribution in [-0.2, 0) is 11.3 Å². The van der Waals surface area contributed by atoms with Crippen LogP contribution in [0.5, 0.6) is 0 Å². The zero-order valence-electron chi connectivity index (χ0n) is 10.1. The third-order valence-corrected chi connectivity index (χ3v) is 2.31. The summed E-state index contributed by atoms with van der Waals surface area (Å²) >= 11 is 0. The number of hydrogen-bond donors (Lipinski definition) is 2. The summed E-state index contributed by atoms with van der Waals surface area (Å²) in [7, 11) is 0. The van der Waals surface area contributed by atoms with Crippen molar-refractivity contribution in [3.63, 3.8) is 0 Å². The summed E-state index contributed by atoms with van der Waals surface area (Å²) in [5.41, 5.74) is 1.83. The van der Waals surface area contributed by atoms with E-state index in [0.29, 0.717) is 12.2 Å². The van der Waals surface area contributed by atoms with Crippen molar-refractivity contribution in [2.45, 2.75) is 13.5 Å². The van der Waals surface area contributed by atoms with Gasteiger partial charge in [0.1, 0.15) is 5.82 Å². The van der Waals surface area contributed by atoms with Crippen molar-refractivity contribution in [1.82, 2.24) is 9.97 Å². The molecule has 5 heteroatoms. The molecule has 2 N–H and O–H groups in total. The Balaban J connectivity index is 1.92. The number of hydrogen-bond acceptors (Lipinski definition) is 4. The molecule has 2 heterocycles. The van der Waals surface area contributed by atoms with E-state index in [9.17, 15) is 4.79 Å². The largest absolute Gasteiger partial charge is 0.366 e. The third kappa shape index (κ3) is 3.55.